The molecule has 5 rings (SSSR count). The summed E-state index contributed by atoms with van der Waals surface area (Å²) in [4.78, 5) is 29.9. The van der Waals surface area contributed by atoms with Crippen molar-refractivity contribution in [2.45, 2.75) is 10.9 Å². The van der Waals surface area contributed by atoms with E-state index in [1.54, 1.807) is 12.4 Å². The number of anilines is 2. The SMILES string of the molecule is O=C(CN1CCN(c2ncccn2)CC1)N1c2ccccc2SC[C@@H]1c1ccccc1. The van der Waals surface area contributed by atoms with Gasteiger partial charge in [-0.3, -0.25) is 9.69 Å². The number of rotatable bonds is 4. The average Bonchev–Trinajstić information content (AvgIpc) is 2.85. The number of carbonyl (C=O) groups is 1. The van der Waals surface area contributed by atoms with E-state index in [4.69, 9.17) is 0 Å². The van der Waals surface area contributed by atoms with Crippen LogP contribution in [-0.2, 0) is 4.79 Å². The van der Waals surface area contributed by atoms with E-state index in [9.17, 15) is 4.79 Å². The lowest BCUT2D eigenvalue weighted by atomic mass is 10.1. The second kappa shape index (κ2) is 9.08. The summed E-state index contributed by atoms with van der Waals surface area (Å²) in [5, 5.41) is 0. The second-order valence-electron chi connectivity index (χ2n) is 7.78. The Bertz CT molecular complexity index is 1020. The number of amides is 1. The number of benzene rings is 2. The highest BCUT2D eigenvalue weighted by Crippen LogP contribution is 2.43. The number of carbonyl (C=O) groups excluding carboxylic acids is 1. The van der Waals surface area contributed by atoms with Gasteiger partial charge in [-0.2, -0.15) is 0 Å². The molecule has 6 nitrogen and oxygen atoms in total. The fourth-order valence-electron chi connectivity index (χ4n) is 4.25. The van der Waals surface area contributed by atoms with Gasteiger partial charge in [-0.05, 0) is 23.8 Å². The van der Waals surface area contributed by atoms with E-state index in [0.29, 0.717) is 6.54 Å². The largest absolute Gasteiger partial charge is 0.338 e. The summed E-state index contributed by atoms with van der Waals surface area (Å²) in [5.74, 6) is 1.79. The van der Waals surface area contributed by atoms with Crippen molar-refractivity contribution < 1.29 is 4.79 Å². The number of hydrogen-bond acceptors (Lipinski definition) is 6. The molecule has 1 amide bonds. The molecule has 0 aliphatic carbocycles. The minimum absolute atomic E-state index is 0.0487. The molecule has 3 aromatic rings. The van der Waals surface area contributed by atoms with Gasteiger partial charge in [0.2, 0.25) is 11.9 Å². The van der Waals surface area contributed by atoms with Crippen molar-refractivity contribution in [1.82, 2.24) is 14.9 Å². The van der Waals surface area contributed by atoms with Gasteiger partial charge in [-0.25, -0.2) is 9.97 Å². The molecule has 7 heteroatoms. The third-order valence-electron chi connectivity index (χ3n) is 5.85. The Hall–Kier alpha value is -2.90. The molecule has 0 saturated carbocycles. The molecular weight excluding hydrogens is 406 g/mol. The lowest BCUT2D eigenvalue weighted by Crippen LogP contribution is -2.51. The zero-order valence-electron chi connectivity index (χ0n) is 17.3. The number of hydrogen-bond donors (Lipinski definition) is 0. The van der Waals surface area contributed by atoms with E-state index in [-0.39, 0.29) is 11.9 Å². The molecule has 1 saturated heterocycles. The second-order valence-corrected chi connectivity index (χ2v) is 8.84. The van der Waals surface area contributed by atoms with Crippen molar-refractivity contribution in [3.63, 3.8) is 0 Å². The summed E-state index contributed by atoms with van der Waals surface area (Å²) in [6.07, 6.45) is 3.54. The molecule has 0 N–H and O–H groups in total. The van der Waals surface area contributed by atoms with Gasteiger partial charge in [0.05, 0.1) is 18.3 Å². The predicted molar refractivity (Wildman–Crippen MR) is 125 cm³/mol. The Morgan fingerprint density at radius 2 is 1.61 bits per heavy atom. The van der Waals surface area contributed by atoms with Crippen LogP contribution in [0.5, 0.6) is 0 Å². The molecule has 2 aliphatic heterocycles. The van der Waals surface area contributed by atoms with Crippen molar-refractivity contribution in [2.75, 3.05) is 48.3 Å². The highest BCUT2D eigenvalue weighted by molar-refractivity contribution is 7.99. The molecule has 0 bridgehead atoms. The van der Waals surface area contributed by atoms with Crippen molar-refractivity contribution in [2.24, 2.45) is 0 Å². The van der Waals surface area contributed by atoms with Gasteiger partial charge in [-0.1, -0.05) is 42.5 Å². The van der Waals surface area contributed by atoms with E-state index in [1.807, 2.05) is 53.1 Å². The number of aromatic nitrogens is 2. The summed E-state index contributed by atoms with van der Waals surface area (Å²) in [6, 6.07) is 20.5. The maximum absolute atomic E-state index is 13.6. The van der Waals surface area contributed by atoms with E-state index in [1.165, 1.54) is 10.5 Å². The van der Waals surface area contributed by atoms with Crippen molar-refractivity contribution >= 4 is 29.3 Å². The first-order chi connectivity index (χ1) is 15.3. The smallest absolute Gasteiger partial charge is 0.241 e. The molecule has 1 atom stereocenters. The third-order valence-corrected chi connectivity index (χ3v) is 6.99. The molecule has 1 fully saturated rings. The topological polar surface area (TPSA) is 52.6 Å². The van der Waals surface area contributed by atoms with Gasteiger partial charge in [0.1, 0.15) is 0 Å². The summed E-state index contributed by atoms with van der Waals surface area (Å²) < 4.78 is 0. The Morgan fingerprint density at radius 3 is 2.39 bits per heavy atom. The molecule has 0 spiro atoms. The van der Waals surface area contributed by atoms with Crippen LogP contribution < -0.4 is 9.80 Å². The van der Waals surface area contributed by atoms with Crippen molar-refractivity contribution in [3.05, 3.63) is 78.6 Å². The highest BCUT2D eigenvalue weighted by atomic mass is 32.2. The van der Waals surface area contributed by atoms with Gasteiger partial charge in [0.15, 0.2) is 0 Å². The van der Waals surface area contributed by atoms with Crippen LogP contribution in [0.1, 0.15) is 11.6 Å². The highest BCUT2D eigenvalue weighted by Gasteiger charge is 2.33. The molecule has 3 heterocycles. The Kier molecular flexibility index (Phi) is 5.86. The number of fused-ring (bicyclic) bond motifs is 1. The standard InChI is InChI=1S/C24H25N5OS/c30-23(17-27-13-15-28(16-14-27)24-25-11-6-12-26-24)29-20-9-4-5-10-22(20)31-18-21(29)19-7-2-1-3-8-19/h1-12,21H,13-18H2/t21-/m1/s1. The van der Waals surface area contributed by atoms with Crippen LogP contribution >= 0.6 is 11.8 Å². The summed E-state index contributed by atoms with van der Waals surface area (Å²) >= 11 is 1.83. The first-order valence-electron chi connectivity index (χ1n) is 10.6. The van der Waals surface area contributed by atoms with Crippen LogP contribution in [0.2, 0.25) is 0 Å². The summed E-state index contributed by atoms with van der Waals surface area (Å²) in [7, 11) is 0. The Morgan fingerprint density at radius 1 is 0.903 bits per heavy atom. The van der Waals surface area contributed by atoms with E-state index in [2.05, 4.69) is 44.0 Å². The lowest BCUT2D eigenvalue weighted by molar-refractivity contribution is -0.120. The van der Waals surface area contributed by atoms with Gasteiger partial charge in [-0.15, -0.1) is 11.8 Å². The lowest BCUT2D eigenvalue weighted by Gasteiger charge is -2.39. The fourth-order valence-corrected chi connectivity index (χ4v) is 5.41. The summed E-state index contributed by atoms with van der Waals surface area (Å²) in [6.45, 7) is 3.72. The van der Waals surface area contributed by atoms with Crippen LogP contribution in [0.15, 0.2) is 78.0 Å². The first kappa shape index (κ1) is 20.0. The van der Waals surface area contributed by atoms with E-state index in [0.717, 1.165) is 43.6 Å². The van der Waals surface area contributed by atoms with Gasteiger partial charge in [0.25, 0.3) is 0 Å². The predicted octanol–water partition coefficient (Wildman–Crippen LogP) is 3.48. The maximum atomic E-state index is 13.6. The Labute approximate surface area is 186 Å². The minimum Gasteiger partial charge on any atom is -0.338 e. The number of thioether (sulfide) groups is 1. The van der Waals surface area contributed by atoms with Gasteiger partial charge in [0, 0.05) is 49.2 Å². The molecule has 2 aliphatic rings. The number of nitrogens with zero attached hydrogens (tertiary/aromatic N) is 5. The van der Waals surface area contributed by atoms with Crippen LogP contribution in [-0.4, -0.2) is 59.3 Å². The van der Waals surface area contributed by atoms with Gasteiger partial charge >= 0.3 is 0 Å². The van der Waals surface area contributed by atoms with Crippen LogP contribution in [0.3, 0.4) is 0 Å². The minimum atomic E-state index is 0.0487. The summed E-state index contributed by atoms with van der Waals surface area (Å²) in [5.41, 5.74) is 2.21. The van der Waals surface area contributed by atoms with Crippen LogP contribution in [0, 0.1) is 0 Å². The van der Waals surface area contributed by atoms with Crippen LogP contribution in [0.25, 0.3) is 0 Å². The molecule has 0 radical (unpaired) electrons. The number of para-hydroxylation sites is 1. The molecule has 2 aromatic carbocycles. The Balaban J connectivity index is 1.32. The molecule has 158 valence electrons. The van der Waals surface area contributed by atoms with Crippen LogP contribution in [0.4, 0.5) is 11.6 Å². The average molecular weight is 432 g/mol. The molecule has 0 unspecified atom stereocenters. The first-order valence-corrected chi connectivity index (χ1v) is 11.6. The zero-order valence-corrected chi connectivity index (χ0v) is 18.1. The number of piperazine rings is 1. The maximum Gasteiger partial charge on any atom is 0.241 e. The molecular formula is C24H25N5OS. The zero-order chi connectivity index (χ0) is 21.0. The van der Waals surface area contributed by atoms with Gasteiger partial charge < -0.3 is 9.80 Å². The van der Waals surface area contributed by atoms with Crippen molar-refractivity contribution in [1.29, 1.82) is 0 Å². The van der Waals surface area contributed by atoms with E-state index < -0.39 is 0 Å². The van der Waals surface area contributed by atoms with Crippen molar-refractivity contribution in [3.8, 4) is 0 Å². The third kappa shape index (κ3) is 4.29. The fraction of sp³-hybridized carbons (Fsp3) is 0.292. The van der Waals surface area contributed by atoms with E-state index >= 15 is 0 Å². The molecule has 31 heavy (non-hydrogen) atoms. The molecule has 1 aromatic heterocycles. The quantitative estimate of drug-likeness (QED) is 0.631. The normalized spacial score (nSPS) is 19.2. The monoisotopic (exact) mass is 431 g/mol.